The van der Waals surface area contributed by atoms with Gasteiger partial charge in [-0.1, -0.05) is 30.3 Å². The lowest BCUT2D eigenvalue weighted by Crippen LogP contribution is -2.34. The molecule has 0 aliphatic carbocycles. The number of benzene rings is 2. The van der Waals surface area contributed by atoms with Crippen molar-refractivity contribution in [3.05, 3.63) is 77.4 Å². The van der Waals surface area contributed by atoms with Crippen molar-refractivity contribution in [2.45, 2.75) is 0 Å². The largest absolute Gasteiger partial charge is 0.495 e. The van der Waals surface area contributed by atoms with Crippen molar-refractivity contribution in [1.29, 1.82) is 0 Å². The van der Waals surface area contributed by atoms with Gasteiger partial charge in [0.25, 0.3) is 5.91 Å². The molecule has 0 atom stereocenters. The number of nitrogens with two attached hydrogens (primary N) is 1. The molecule has 1 aliphatic rings. The summed E-state index contributed by atoms with van der Waals surface area (Å²) in [5.41, 5.74) is 10.4. The van der Waals surface area contributed by atoms with E-state index in [2.05, 4.69) is 33.1 Å². The first-order valence-corrected chi connectivity index (χ1v) is 14.9. The maximum absolute atomic E-state index is 13.3. The van der Waals surface area contributed by atoms with E-state index >= 15 is 0 Å². The number of carbonyl (C=O) groups excluding carboxylic acids is 2. The number of thiophene rings is 1. The van der Waals surface area contributed by atoms with Gasteiger partial charge in [-0.2, -0.15) is 0 Å². The standard InChI is InChI=1S/C32H33N7O3S/c1-38-23-7-4-3-6-20(23)18-24(38)31(40)37-22-10-9-21(19-25(22)42-2)28-26(43-27-11-13-35-30(33)29(27)28)8-5-12-34-14-16-39-17-15-36-32(39)41/h3-11,13,18-19,34H,12,14-17H2,1-2H3,(H2,33,35)(H,36,41)(H,37,40). The van der Waals surface area contributed by atoms with Crippen molar-refractivity contribution in [2.75, 3.05) is 50.9 Å². The summed E-state index contributed by atoms with van der Waals surface area (Å²) < 4.78 is 8.66. The molecule has 3 amide bonds. The average molecular weight is 596 g/mol. The summed E-state index contributed by atoms with van der Waals surface area (Å²) in [4.78, 5) is 32.2. The number of hydrogen-bond acceptors (Lipinski definition) is 7. The minimum Gasteiger partial charge on any atom is -0.495 e. The summed E-state index contributed by atoms with van der Waals surface area (Å²) in [7, 11) is 3.47. The Morgan fingerprint density at radius 2 is 2.07 bits per heavy atom. The van der Waals surface area contributed by atoms with Gasteiger partial charge >= 0.3 is 6.03 Å². The minimum absolute atomic E-state index is 0.00648. The van der Waals surface area contributed by atoms with E-state index in [9.17, 15) is 9.59 Å². The van der Waals surface area contributed by atoms with Crippen LogP contribution in [-0.2, 0) is 7.05 Å². The quantitative estimate of drug-likeness (QED) is 0.170. The second-order valence-corrected chi connectivity index (χ2v) is 11.3. The first-order valence-electron chi connectivity index (χ1n) is 14.1. The molecule has 2 aromatic carbocycles. The third kappa shape index (κ3) is 5.64. The maximum atomic E-state index is 13.3. The van der Waals surface area contributed by atoms with E-state index in [4.69, 9.17) is 10.5 Å². The summed E-state index contributed by atoms with van der Waals surface area (Å²) in [6.07, 6.45) is 5.86. The SMILES string of the molecule is COc1cc(-c2c(C=CCNCCN3CCNC3=O)sc3ccnc(N)c23)ccc1NC(=O)c1cc2ccccc2n1C. The van der Waals surface area contributed by atoms with Crippen molar-refractivity contribution in [3.8, 4) is 16.9 Å². The van der Waals surface area contributed by atoms with Crippen molar-refractivity contribution >= 4 is 61.8 Å². The van der Waals surface area contributed by atoms with Crippen LogP contribution in [0.1, 0.15) is 15.4 Å². The van der Waals surface area contributed by atoms with E-state index in [0.717, 1.165) is 43.5 Å². The molecule has 43 heavy (non-hydrogen) atoms. The molecule has 5 N–H and O–H groups in total. The van der Waals surface area contributed by atoms with E-state index in [1.165, 1.54) is 0 Å². The first-order chi connectivity index (χ1) is 20.9. The Balaban J connectivity index is 1.24. The Morgan fingerprint density at radius 3 is 2.86 bits per heavy atom. The van der Waals surface area contributed by atoms with Gasteiger partial charge in [0, 0.05) is 77.4 Å². The highest BCUT2D eigenvalue weighted by atomic mass is 32.1. The molecular formula is C32H33N7O3S. The lowest BCUT2D eigenvalue weighted by molar-refractivity contribution is 0.101. The molecule has 10 nitrogen and oxygen atoms in total. The fourth-order valence-electron chi connectivity index (χ4n) is 5.43. The van der Waals surface area contributed by atoms with Crippen molar-refractivity contribution in [3.63, 3.8) is 0 Å². The fourth-order valence-corrected chi connectivity index (χ4v) is 6.59. The summed E-state index contributed by atoms with van der Waals surface area (Å²) >= 11 is 1.64. The molecule has 5 aromatic rings. The van der Waals surface area contributed by atoms with Crippen LogP contribution < -0.4 is 26.4 Å². The zero-order valence-corrected chi connectivity index (χ0v) is 24.8. The van der Waals surface area contributed by atoms with Gasteiger partial charge in [-0.25, -0.2) is 9.78 Å². The number of nitrogens with zero attached hydrogens (tertiary/aromatic N) is 3. The molecule has 11 heteroatoms. The number of hydrogen-bond donors (Lipinski definition) is 4. The monoisotopic (exact) mass is 595 g/mol. The second-order valence-electron chi connectivity index (χ2n) is 10.3. The van der Waals surface area contributed by atoms with Gasteiger partial charge in [0.2, 0.25) is 0 Å². The van der Waals surface area contributed by atoms with Crippen LogP contribution in [0.4, 0.5) is 16.3 Å². The predicted octanol–water partition coefficient (Wildman–Crippen LogP) is 4.93. The highest BCUT2D eigenvalue weighted by molar-refractivity contribution is 7.20. The number of para-hydroxylation sites is 1. The van der Waals surface area contributed by atoms with E-state index in [-0.39, 0.29) is 11.9 Å². The topological polar surface area (TPSA) is 127 Å². The van der Waals surface area contributed by atoms with Crippen LogP contribution in [-0.4, -0.2) is 66.2 Å². The Bertz CT molecular complexity index is 1860. The number of nitrogens with one attached hydrogen (secondary N) is 3. The molecule has 1 aliphatic heterocycles. The molecule has 220 valence electrons. The number of carbonyl (C=O) groups is 2. The van der Waals surface area contributed by atoms with Crippen molar-refractivity contribution in [1.82, 2.24) is 25.1 Å². The molecular weight excluding hydrogens is 562 g/mol. The highest BCUT2D eigenvalue weighted by Crippen LogP contribution is 2.43. The van der Waals surface area contributed by atoms with Gasteiger partial charge in [-0.15, -0.1) is 11.3 Å². The van der Waals surface area contributed by atoms with Gasteiger partial charge in [-0.3, -0.25) is 4.79 Å². The Labute approximate surface area is 253 Å². The molecule has 0 radical (unpaired) electrons. The van der Waals surface area contributed by atoms with Crippen LogP contribution in [0.5, 0.6) is 5.75 Å². The molecule has 6 rings (SSSR count). The smallest absolute Gasteiger partial charge is 0.317 e. The Morgan fingerprint density at radius 1 is 1.21 bits per heavy atom. The summed E-state index contributed by atoms with van der Waals surface area (Å²) in [6.45, 7) is 3.47. The zero-order valence-electron chi connectivity index (χ0n) is 24.0. The van der Waals surface area contributed by atoms with Crippen LogP contribution in [0, 0.1) is 0 Å². The lowest BCUT2D eigenvalue weighted by Gasteiger charge is -2.13. The fraction of sp³-hybridized carbons (Fsp3) is 0.219. The number of amides is 3. The van der Waals surface area contributed by atoms with Crippen LogP contribution in [0.15, 0.2) is 66.9 Å². The third-order valence-corrected chi connectivity index (χ3v) is 8.74. The molecule has 4 heterocycles. The van der Waals surface area contributed by atoms with Crippen LogP contribution in [0.2, 0.25) is 0 Å². The van der Waals surface area contributed by atoms with Crippen LogP contribution >= 0.6 is 11.3 Å². The van der Waals surface area contributed by atoms with Crippen LogP contribution in [0.3, 0.4) is 0 Å². The van der Waals surface area contributed by atoms with Gasteiger partial charge in [0.15, 0.2) is 0 Å². The van der Waals surface area contributed by atoms with Crippen molar-refractivity contribution in [2.24, 2.45) is 7.05 Å². The second kappa shape index (κ2) is 12.2. The molecule has 1 fully saturated rings. The summed E-state index contributed by atoms with van der Waals surface area (Å²) in [5, 5.41) is 11.1. The normalized spacial score (nSPS) is 13.3. The average Bonchev–Trinajstić information content (AvgIpc) is 3.70. The van der Waals surface area contributed by atoms with E-state index in [1.54, 1.807) is 29.5 Å². The number of aryl methyl sites for hydroxylation is 1. The number of methoxy groups -OCH3 is 1. The summed E-state index contributed by atoms with van der Waals surface area (Å²) in [5.74, 6) is 0.771. The van der Waals surface area contributed by atoms with Gasteiger partial charge < -0.3 is 35.9 Å². The lowest BCUT2D eigenvalue weighted by atomic mass is 10.0. The van der Waals surface area contributed by atoms with Crippen LogP contribution in [0.25, 0.3) is 38.2 Å². The number of pyridine rings is 1. The van der Waals surface area contributed by atoms with E-state index in [1.807, 2.05) is 66.2 Å². The number of ether oxygens (including phenoxy) is 1. The zero-order chi connectivity index (χ0) is 29.9. The maximum Gasteiger partial charge on any atom is 0.317 e. The van der Waals surface area contributed by atoms with E-state index in [0.29, 0.717) is 49.1 Å². The van der Waals surface area contributed by atoms with E-state index < -0.39 is 0 Å². The van der Waals surface area contributed by atoms with Gasteiger partial charge in [0.05, 0.1) is 12.8 Å². The number of anilines is 2. The Hall–Kier alpha value is -4.87. The van der Waals surface area contributed by atoms with Gasteiger partial charge in [-0.05, 0) is 42.0 Å². The first kappa shape index (κ1) is 28.3. The highest BCUT2D eigenvalue weighted by Gasteiger charge is 2.20. The molecule has 0 spiro atoms. The third-order valence-electron chi connectivity index (χ3n) is 7.62. The minimum atomic E-state index is -0.222. The van der Waals surface area contributed by atoms with Gasteiger partial charge in [0.1, 0.15) is 17.3 Å². The number of fused-ring (bicyclic) bond motifs is 2. The number of aromatic nitrogens is 2. The molecule has 0 bridgehead atoms. The predicted molar refractivity (Wildman–Crippen MR) is 174 cm³/mol. The number of nitrogen functional groups attached to an aromatic ring is 1. The molecule has 1 saturated heterocycles. The number of urea groups is 1. The molecule has 0 unspecified atom stereocenters. The van der Waals surface area contributed by atoms with Crippen molar-refractivity contribution < 1.29 is 14.3 Å². The number of rotatable bonds is 10. The summed E-state index contributed by atoms with van der Waals surface area (Å²) in [6, 6.07) is 17.5. The molecule has 0 saturated carbocycles. The Kier molecular flexibility index (Phi) is 7.99. The molecule has 3 aromatic heterocycles.